The smallest absolute Gasteiger partial charge is 0.257 e. The molecule has 1 saturated heterocycles. The maximum absolute atomic E-state index is 13.6. The van der Waals surface area contributed by atoms with Crippen molar-refractivity contribution in [2.45, 2.75) is 32.3 Å². The van der Waals surface area contributed by atoms with Gasteiger partial charge in [0.15, 0.2) is 11.5 Å². The van der Waals surface area contributed by atoms with E-state index in [1.54, 1.807) is 13.3 Å². The summed E-state index contributed by atoms with van der Waals surface area (Å²) < 4.78 is 13.7. The number of methoxy groups -OCH3 is 1. The lowest BCUT2D eigenvalue weighted by atomic mass is 9.95. The Bertz CT molecular complexity index is 1290. The molecule has 35 heavy (non-hydrogen) atoms. The van der Waals surface area contributed by atoms with Crippen LogP contribution in [0, 0.1) is 5.92 Å². The lowest BCUT2D eigenvalue weighted by Crippen LogP contribution is -2.32. The van der Waals surface area contributed by atoms with Gasteiger partial charge in [-0.15, -0.1) is 0 Å². The second kappa shape index (κ2) is 10.6. The predicted molar refractivity (Wildman–Crippen MR) is 134 cm³/mol. The molecule has 0 aliphatic carbocycles. The van der Waals surface area contributed by atoms with Crippen LogP contribution >= 0.6 is 0 Å². The number of para-hydroxylation sites is 1. The number of pyridine rings is 1. The van der Waals surface area contributed by atoms with Gasteiger partial charge in [-0.3, -0.25) is 14.8 Å². The molecular weight excluding hydrogens is 440 g/mol. The molecule has 0 N–H and O–H groups in total. The van der Waals surface area contributed by atoms with E-state index in [-0.39, 0.29) is 12.5 Å². The van der Waals surface area contributed by atoms with Crippen LogP contribution in [-0.2, 0) is 13.0 Å². The van der Waals surface area contributed by atoms with Gasteiger partial charge >= 0.3 is 0 Å². The Morgan fingerprint density at radius 3 is 2.80 bits per heavy atom. The fraction of sp³-hybridized carbons (Fsp3) is 0.321. The average Bonchev–Trinajstić information content (AvgIpc) is 3.27. The Kier molecular flexibility index (Phi) is 6.93. The van der Waals surface area contributed by atoms with Crippen LogP contribution in [0.25, 0.3) is 5.52 Å². The summed E-state index contributed by atoms with van der Waals surface area (Å²) in [6.45, 7) is 1.71. The first-order chi connectivity index (χ1) is 17.2. The third-order valence-corrected chi connectivity index (χ3v) is 6.67. The molecule has 0 unspecified atom stereocenters. The number of carbonyl (C=O) groups is 1. The molecule has 4 heterocycles. The van der Waals surface area contributed by atoms with Crippen molar-refractivity contribution in [2.75, 3.05) is 20.2 Å². The molecule has 1 fully saturated rings. The van der Waals surface area contributed by atoms with Crippen molar-refractivity contribution in [3.05, 3.63) is 90.3 Å². The standard InChI is InChI=1S/C28H30N4O3/c1-34-26-11-4-9-23(27(26)35-20-22-8-2-3-13-29-22)28(33)32-16-5-7-21(12-17-32)19-24-25-10-6-15-31(25)18-14-30-24/h2-4,6,8-11,13-15,18,21H,5,7,12,16-17,19-20H2,1H3/t21-/m0/s1. The molecule has 1 atom stereocenters. The zero-order valence-electron chi connectivity index (χ0n) is 20.0. The van der Waals surface area contributed by atoms with Crippen LogP contribution in [0.1, 0.15) is 41.0 Å². The molecular formula is C28H30N4O3. The Labute approximate surface area is 205 Å². The van der Waals surface area contributed by atoms with Gasteiger partial charge in [0.25, 0.3) is 5.91 Å². The van der Waals surface area contributed by atoms with Crippen LogP contribution in [0.3, 0.4) is 0 Å². The molecule has 0 saturated carbocycles. The molecule has 180 valence electrons. The van der Waals surface area contributed by atoms with Crippen molar-refractivity contribution in [2.24, 2.45) is 5.92 Å². The van der Waals surface area contributed by atoms with Gasteiger partial charge in [-0.25, -0.2) is 0 Å². The number of nitrogens with zero attached hydrogens (tertiary/aromatic N) is 4. The van der Waals surface area contributed by atoms with E-state index in [0.717, 1.165) is 49.1 Å². The fourth-order valence-electron chi connectivity index (χ4n) is 4.83. The summed E-state index contributed by atoms with van der Waals surface area (Å²) in [7, 11) is 1.59. The number of hydrogen-bond donors (Lipinski definition) is 0. The van der Waals surface area contributed by atoms with Gasteiger partial charge in [-0.1, -0.05) is 12.1 Å². The van der Waals surface area contributed by atoms with Crippen LogP contribution in [0.15, 0.2) is 73.3 Å². The molecule has 0 radical (unpaired) electrons. The number of amides is 1. The number of benzene rings is 1. The molecule has 1 aromatic carbocycles. The van der Waals surface area contributed by atoms with Crippen LogP contribution in [0.4, 0.5) is 0 Å². The summed E-state index contributed by atoms with van der Waals surface area (Å²) in [5, 5.41) is 0. The van der Waals surface area contributed by atoms with Crippen LogP contribution in [-0.4, -0.2) is 45.4 Å². The molecule has 5 rings (SSSR count). The van der Waals surface area contributed by atoms with Gasteiger partial charge in [0.05, 0.1) is 29.6 Å². The topological polar surface area (TPSA) is 69.0 Å². The molecule has 7 heteroatoms. The van der Waals surface area contributed by atoms with Crippen molar-refractivity contribution in [3.63, 3.8) is 0 Å². The van der Waals surface area contributed by atoms with Crippen molar-refractivity contribution < 1.29 is 14.3 Å². The van der Waals surface area contributed by atoms with Crippen LogP contribution < -0.4 is 9.47 Å². The second-order valence-corrected chi connectivity index (χ2v) is 8.91. The van der Waals surface area contributed by atoms with Gasteiger partial charge in [0.1, 0.15) is 6.61 Å². The van der Waals surface area contributed by atoms with E-state index in [4.69, 9.17) is 9.47 Å². The average molecular weight is 471 g/mol. The van der Waals surface area contributed by atoms with Gasteiger partial charge < -0.3 is 18.8 Å². The zero-order valence-corrected chi connectivity index (χ0v) is 20.0. The third kappa shape index (κ3) is 5.14. The Balaban J connectivity index is 1.29. The normalized spacial score (nSPS) is 16.1. The number of rotatable bonds is 7. The molecule has 1 amide bonds. The van der Waals surface area contributed by atoms with Crippen LogP contribution in [0.2, 0.25) is 0 Å². The number of hydrogen-bond acceptors (Lipinski definition) is 5. The Hall–Kier alpha value is -3.87. The summed E-state index contributed by atoms with van der Waals surface area (Å²) in [6.07, 6.45) is 11.5. The summed E-state index contributed by atoms with van der Waals surface area (Å²) in [4.78, 5) is 24.5. The lowest BCUT2D eigenvalue weighted by molar-refractivity contribution is 0.0754. The summed E-state index contributed by atoms with van der Waals surface area (Å²) in [5.74, 6) is 1.49. The largest absolute Gasteiger partial charge is 0.493 e. The minimum atomic E-state index is -0.0209. The highest BCUT2D eigenvalue weighted by atomic mass is 16.5. The quantitative estimate of drug-likeness (QED) is 0.388. The van der Waals surface area contributed by atoms with E-state index in [1.807, 2.05) is 53.7 Å². The van der Waals surface area contributed by atoms with E-state index >= 15 is 0 Å². The minimum absolute atomic E-state index is 0.0209. The van der Waals surface area contributed by atoms with Crippen molar-refractivity contribution in [3.8, 4) is 11.5 Å². The first kappa shape index (κ1) is 22.9. The number of aromatic nitrogens is 3. The first-order valence-electron chi connectivity index (χ1n) is 12.1. The minimum Gasteiger partial charge on any atom is -0.493 e. The molecule has 1 aliphatic heterocycles. The van der Waals surface area contributed by atoms with E-state index in [9.17, 15) is 4.79 Å². The van der Waals surface area contributed by atoms with E-state index < -0.39 is 0 Å². The predicted octanol–water partition coefficient (Wildman–Crippen LogP) is 4.80. The molecule has 0 bridgehead atoms. The van der Waals surface area contributed by atoms with E-state index in [1.165, 1.54) is 0 Å². The summed E-state index contributed by atoms with van der Waals surface area (Å²) in [6, 6.07) is 15.3. The number of likely N-dealkylation sites (tertiary alicyclic amines) is 1. The van der Waals surface area contributed by atoms with Gasteiger partial charge in [-0.2, -0.15) is 0 Å². The van der Waals surface area contributed by atoms with E-state index in [0.29, 0.717) is 29.5 Å². The Morgan fingerprint density at radius 1 is 1.00 bits per heavy atom. The van der Waals surface area contributed by atoms with Crippen LogP contribution in [0.5, 0.6) is 11.5 Å². The SMILES string of the molecule is COc1cccc(C(=O)N2CCC[C@H](Cc3nccn4cccc34)CC2)c1OCc1ccccn1. The fourth-order valence-corrected chi connectivity index (χ4v) is 4.83. The van der Waals surface area contributed by atoms with E-state index in [2.05, 4.69) is 32.7 Å². The molecule has 1 aliphatic rings. The van der Waals surface area contributed by atoms with Gasteiger partial charge in [0, 0.05) is 37.9 Å². The first-order valence-corrected chi connectivity index (χ1v) is 12.1. The van der Waals surface area contributed by atoms with Gasteiger partial charge in [-0.05, 0) is 68.0 Å². The number of carbonyl (C=O) groups excluding carboxylic acids is 1. The monoisotopic (exact) mass is 470 g/mol. The summed E-state index contributed by atoms with van der Waals surface area (Å²) >= 11 is 0. The maximum atomic E-state index is 13.6. The molecule has 7 nitrogen and oxygen atoms in total. The van der Waals surface area contributed by atoms with Crippen molar-refractivity contribution in [1.29, 1.82) is 0 Å². The van der Waals surface area contributed by atoms with Crippen molar-refractivity contribution in [1.82, 2.24) is 19.3 Å². The molecule has 4 aromatic rings. The Morgan fingerprint density at radius 2 is 1.94 bits per heavy atom. The molecule has 3 aromatic heterocycles. The maximum Gasteiger partial charge on any atom is 0.257 e. The molecule has 0 spiro atoms. The summed E-state index contributed by atoms with van der Waals surface area (Å²) in [5.41, 5.74) is 3.61. The highest BCUT2D eigenvalue weighted by Crippen LogP contribution is 2.33. The highest BCUT2D eigenvalue weighted by Gasteiger charge is 2.26. The number of ether oxygens (including phenoxy) is 2. The third-order valence-electron chi connectivity index (χ3n) is 6.67. The number of fused-ring (bicyclic) bond motifs is 1. The zero-order chi connectivity index (χ0) is 24.0. The highest BCUT2D eigenvalue weighted by molar-refractivity contribution is 5.97. The lowest BCUT2D eigenvalue weighted by Gasteiger charge is -2.23. The van der Waals surface area contributed by atoms with Gasteiger partial charge in [0.2, 0.25) is 0 Å². The van der Waals surface area contributed by atoms with Crippen molar-refractivity contribution >= 4 is 11.4 Å². The second-order valence-electron chi connectivity index (χ2n) is 8.91.